The molecule has 7 nitrogen and oxygen atoms in total. The van der Waals surface area contributed by atoms with Crippen molar-refractivity contribution in [2.75, 3.05) is 13.1 Å². The molecule has 0 atom stereocenters. The summed E-state index contributed by atoms with van der Waals surface area (Å²) >= 11 is 1.42. The SMILES string of the molecule is Cc1nc(-n2cccc2)sc1C(=O)N1CCC(Oc2cc(C)n(C)c(=O)c2)CC1. The van der Waals surface area contributed by atoms with Crippen molar-refractivity contribution < 1.29 is 9.53 Å². The summed E-state index contributed by atoms with van der Waals surface area (Å²) in [5.41, 5.74) is 1.55. The van der Waals surface area contributed by atoms with Crippen LogP contribution in [0.5, 0.6) is 5.75 Å². The van der Waals surface area contributed by atoms with Gasteiger partial charge in [0.05, 0.1) is 5.69 Å². The number of amides is 1. The highest BCUT2D eigenvalue weighted by Crippen LogP contribution is 2.25. The maximum Gasteiger partial charge on any atom is 0.265 e. The van der Waals surface area contributed by atoms with Gasteiger partial charge in [0, 0.05) is 57.1 Å². The Morgan fingerprint density at radius 1 is 1.17 bits per heavy atom. The van der Waals surface area contributed by atoms with Gasteiger partial charge in [-0.25, -0.2) is 4.98 Å². The van der Waals surface area contributed by atoms with Crippen molar-refractivity contribution in [2.24, 2.45) is 7.05 Å². The van der Waals surface area contributed by atoms with Crippen LogP contribution in [0.4, 0.5) is 0 Å². The van der Waals surface area contributed by atoms with Crippen molar-refractivity contribution in [3.05, 3.63) is 63.3 Å². The molecule has 29 heavy (non-hydrogen) atoms. The zero-order valence-electron chi connectivity index (χ0n) is 16.8. The molecule has 4 heterocycles. The molecule has 0 N–H and O–H groups in total. The van der Waals surface area contributed by atoms with Gasteiger partial charge in [-0.3, -0.25) is 9.59 Å². The van der Waals surface area contributed by atoms with Crippen LogP contribution in [-0.4, -0.2) is 44.1 Å². The van der Waals surface area contributed by atoms with Crippen molar-refractivity contribution in [3.63, 3.8) is 0 Å². The molecule has 0 unspecified atom stereocenters. The highest BCUT2D eigenvalue weighted by atomic mass is 32.1. The Kier molecular flexibility index (Phi) is 5.27. The average molecular weight is 413 g/mol. The van der Waals surface area contributed by atoms with Crippen LogP contribution >= 0.6 is 11.3 Å². The molecular formula is C21H24N4O3S. The summed E-state index contributed by atoms with van der Waals surface area (Å²) in [6.07, 6.45) is 5.33. The van der Waals surface area contributed by atoms with E-state index in [2.05, 4.69) is 4.98 Å². The molecule has 0 spiro atoms. The second kappa shape index (κ2) is 7.87. The number of pyridine rings is 1. The Bertz CT molecular complexity index is 1080. The molecule has 1 aliphatic heterocycles. The van der Waals surface area contributed by atoms with Gasteiger partial charge in [0.25, 0.3) is 11.5 Å². The van der Waals surface area contributed by atoms with Gasteiger partial charge in [-0.15, -0.1) is 0 Å². The molecule has 1 saturated heterocycles. The van der Waals surface area contributed by atoms with Crippen LogP contribution in [0.15, 0.2) is 41.5 Å². The highest BCUT2D eigenvalue weighted by molar-refractivity contribution is 7.16. The molecule has 152 valence electrons. The van der Waals surface area contributed by atoms with Crippen LogP contribution in [0.1, 0.15) is 33.9 Å². The summed E-state index contributed by atoms with van der Waals surface area (Å²) in [7, 11) is 1.74. The van der Waals surface area contributed by atoms with Crippen LogP contribution in [0.25, 0.3) is 5.13 Å². The van der Waals surface area contributed by atoms with Crippen molar-refractivity contribution in [1.29, 1.82) is 0 Å². The number of carbonyl (C=O) groups is 1. The number of carbonyl (C=O) groups excluding carboxylic acids is 1. The summed E-state index contributed by atoms with van der Waals surface area (Å²) in [5.74, 6) is 0.631. The topological polar surface area (TPSA) is 69.4 Å². The molecule has 3 aromatic rings. The van der Waals surface area contributed by atoms with E-state index in [-0.39, 0.29) is 17.6 Å². The second-order valence-electron chi connectivity index (χ2n) is 7.34. The van der Waals surface area contributed by atoms with E-state index >= 15 is 0 Å². The molecule has 1 aliphatic rings. The van der Waals surface area contributed by atoms with E-state index in [4.69, 9.17) is 4.74 Å². The quantitative estimate of drug-likeness (QED) is 0.661. The number of hydrogen-bond acceptors (Lipinski definition) is 5. The Morgan fingerprint density at radius 2 is 1.86 bits per heavy atom. The summed E-state index contributed by atoms with van der Waals surface area (Å²) in [4.78, 5) is 32.0. The highest BCUT2D eigenvalue weighted by Gasteiger charge is 2.27. The van der Waals surface area contributed by atoms with E-state index < -0.39 is 0 Å². The van der Waals surface area contributed by atoms with Crippen molar-refractivity contribution in [3.8, 4) is 10.9 Å². The van der Waals surface area contributed by atoms with E-state index in [9.17, 15) is 9.59 Å². The lowest BCUT2D eigenvalue weighted by atomic mass is 10.1. The maximum absolute atomic E-state index is 13.0. The summed E-state index contributed by atoms with van der Waals surface area (Å²) in [6, 6.07) is 7.27. The van der Waals surface area contributed by atoms with Crippen LogP contribution in [-0.2, 0) is 7.05 Å². The summed E-state index contributed by atoms with van der Waals surface area (Å²) in [5, 5.41) is 0.801. The van der Waals surface area contributed by atoms with Gasteiger partial charge >= 0.3 is 0 Å². The first-order chi connectivity index (χ1) is 13.9. The number of ether oxygens (including phenoxy) is 1. The third-order valence-electron chi connectivity index (χ3n) is 5.31. The number of piperidine rings is 1. The maximum atomic E-state index is 13.0. The standard InChI is InChI=1S/C21H24N4O3S/c1-14-12-17(13-18(26)23(14)3)28-16-6-10-24(11-7-16)20(27)19-15(2)22-21(29-19)25-8-4-5-9-25/h4-5,8-9,12-13,16H,6-7,10-11H2,1-3H3. The normalized spacial score (nSPS) is 14.9. The number of likely N-dealkylation sites (tertiary alicyclic amines) is 1. The lowest BCUT2D eigenvalue weighted by molar-refractivity contribution is 0.0598. The molecule has 1 fully saturated rings. The van der Waals surface area contributed by atoms with E-state index in [1.165, 1.54) is 17.4 Å². The van der Waals surface area contributed by atoms with Gasteiger partial charge < -0.3 is 18.8 Å². The first-order valence-electron chi connectivity index (χ1n) is 9.67. The monoisotopic (exact) mass is 412 g/mol. The number of aryl methyl sites for hydroxylation is 2. The molecule has 0 aliphatic carbocycles. The Balaban J connectivity index is 1.40. The average Bonchev–Trinajstić information content (AvgIpc) is 3.36. The number of nitrogens with zero attached hydrogens (tertiary/aromatic N) is 4. The number of hydrogen-bond donors (Lipinski definition) is 0. The third-order valence-corrected chi connectivity index (χ3v) is 6.47. The Hall–Kier alpha value is -2.87. The molecule has 8 heteroatoms. The molecule has 1 amide bonds. The minimum absolute atomic E-state index is 0.00329. The van der Waals surface area contributed by atoms with Crippen LogP contribution in [0, 0.1) is 13.8 Å². The minimum atomic E-state index is -0.0771. The van der Waals surface area contributed by atoms with Gasteiger partial charge in [-0.2, -0.15) is 0 Å². The third kappa shape index (κ3) is 3.98. The fourth-order valence-corrected chi connectivity index (χ4v) is 4.47. The Morgan fingerprint density at radius 3 is 2.52 bits per heavy atom. The predicted molar refractivity (Wildman–Crippen MR) is 112 cm³/mol. The zero-order chi connectivity index (χ0) is 20.5. The van der Waals surface area contributed by atoms with Crippen LogP contribution in [0.2, 0.25) is 0 Å². The summed E-state index contributed by atoms with van der Waals surface area (Å²) < 4.78 is 9.53. The zero-order valence-corrected chi connectivity index (χ0v) is 17.6. The lowest BCUT2D eigenvalue weighted by Gasteiger charge is -2.32. The van der Waals surface area contributed by atoms with E-state index in [0.29, 0.717) is 23.7 Å². The lowest BCUT2D eigenvalue weighted by Crippen LogP contribution is -2.41. The molecule has 4 rings (SSSR count). The minimum Gasteiger partial charge on any atom is -0.490 e. The fourth-order valence-electron chi connectivity index (χ4n) is 3.47. The molecular weight excluding hydrogens is 388 g/mol. The van der Waals surface area contributed by atoms with Gasteiger partial charge in [0.1, 0.15) is 16.7 Å². The van der Waals surface area contributed by atoms with Crippen LogP contribution in [0.3, 0.4) is 0 Å². The molecule has 0 radical (unpaired) electrons. The smallest absolute Gasteiger partial charge is 0.265 e. The van der Waals surface area contributed by atoms with Crippen molar-refractivity contribution >= 4 is 17.2 Å². The molecule has 0 saturated carbocycles. The van der Waals surface area contributed by atoms with Gasteiger partial charge in [-0.05, 0) is 32.0 Å². The molecule has 0 bridgehead atoms. The largest absolute Gasteiger partial charge is 0.490 e. The van der Waals surface area contributed by atoms with E-state index in [1.54, 1.807) is 11.6 Å². The first-order valence-corrected chi connectivity index (χ1v) is 10.5. The predicted octanol–water partition coefficient (Wildman–Crippen LogP) is 2.93. The number of thiazole rings is 1. The second-order valence-corrected chi connectivity index (χ2v) is 8.32. The van der Waals surface area contributed by atoms with Gasteiger partial charge in [-0.1, -0.05) is 11.3 Å². The van der Waals surface area contributed by atoms with Crippen molar-refractivity contribution in [2.45, 2.75) is 32.8 Å². The molecule has 3 aromatic heterocycles. The van der Waals surface area contributed by atoms with E-state index in [0.717, 1.165) is 29.4 Å². The number of aromatic nitrogens is 3. The number of rotatable bonds is 4. The first kappa shape index (κ1) is 19.4. The van der Waals surface area contributed by atoms with Crippen LogP contribution < -0.4 is 10.3 Å². The molecule has 0 aromatic carbocycles. The Labute approximate surface area is 173 Å². The van der Waals surface area contributed by atoms with Gasteiger partial charge in [0.2, 0.25) is 0 Å². The van der Waals surface area contributed by atoms with Crippen molar-refractivity contribution in [1.82, 2.24) is 19.0 Å². The van der Waals surface area contributed by atoms with Gasteiger partial charge in [0.15, 0.2) is 5.13 Å². The summed E-state index contributed by atoms with van der Waals surface area (Å²) in [6.45, 7) is 5.02. The fraction of sp³-hybridized carbons (Fsp3) is 0.381. The van der Waals surface area contributed by atoms with E-state index in [1.807, 2.05) is 53.9 Å².